The van der Waals surface area contributed by atoms with Crippen molar-refractivity contribution in [1.29, 1.82) is 0 Å². The van der Waals surface area contributed by atoms with E-state index in [1.54, 1.807) is 0 Å². The molecule has 3 aliphatic rings. The standard InChI is InChI=1S/C21H24F2N10O10P2/c22-10-8(32-5-28-12-16(24)26-4-27-17(12)32)1-7-2-39-44(35,36)43-15-9(3-40-45(37,38)42-14(7)10)41-20(11(15)23)33-6-29-13-18(33)30-21(25)31-19(13)34/h4-11,14-15,20H,1-3H2,(H,35,36)(H,37,38)(H2,24,26,27)(H3,25,30,31,34)/t7-,8-,9-,10-,11+,14+,15+,20-/m1/s1. The third-order valence-electron chi connectivity index (χ3n) is 7.79. The normalized spacial score (nSPS) is 37.7. The van der Waals surface area contributed by atoms with Gasteiger partial charge in [-0.05, 0) is 6.42 Å². The molecule has 45 heavy (non-hydrogen) atoms. The Kier molecular flexibility index (Phi) is 7.26. The maximum Gasteiger partial charge on any atom is 0.472 e. The minimum Gasteiger partial charge on any atom is -0.382 e. The van der Waals surface area contributed by atoms with Crippen LogP contribution in [-0.4, -0.2) is 92.7 Å². The lowest BCUT2D eigenvalue weighted by molar-refractivity contribution is -0.0551. The zero-order chi connectivity index (χ0) is 31.8. The van der Waals surface area contributed by atoms with Crippen molar-refractivity contribution in [3.63, 3.8) is 0 Å². The van der Waals surface area contributed by atoms with Crippen LogP contribution in [0, 0.1) is 5.92 Å². The van der Waals surface area contributed by atoms with E-state index >= 15 is 8.78 Å². The van der Waals surface area contributed by atoms with Crippen LogP contribution >= 0.6 is 15.6 Å². The van der Waals surface area contributed by atoms with E-state index in [9.17, 15) is 23.7 Å². The summed E-state index contributed by atoms with van der Waals surface area (Å²) in [5.41, 5.74) is 10.7. The molecule has 3 fully saturated rings. The van der Waals surface area contributed by atoms with Gasteiger partial charge in [0, 0.05) is 5.92 Å². The lowest BCUT2D eigenvalue weighted by atomic mass is 10.1. The van der Waals surface area contributed by atoms with Gasteiger partial charge in [0.1, 0.15) is 36.3 Å². The van der Waals surface area contributed by atoms with Gasteiger partial charge in [0.2, 0.25) is 5.95 Å². The molecular weight excluding hydrogens is 652 g/mol. The fourth-order valence-electron chi connectivity index (χ4n) is 5.77. The van der Waals surface area contributed by atoms with Crippen LogP contribution in [0.15, 0.2) is 23.8 Å². The number of ether oxygens (including phenoxy) is 1. The van der Waals surface area contributed by atoms with Crippen molar-refractivity contribution in [2.24, 2.45) is 5.92 Å². The average Bonchev–Trinajstić information content (AvgIpc) is 3.72. The first-order valence-corrected chi connectivity index (χ1v) is 16.2. The van der Waals surface area contributed by atoms with Gasteiger partial charge in [-0.15, -0.1) is 0 Å². The molecule has 7 N–H and O–H groups in total. The topological polar surface area (TPSA) is 280 Å². The van der Waals surface area contributed by atoms with E-state index in [2.05, 4.69) is 29.9 Å². The molecule has 1 aliphatic carbocycles. The molecule has 2 unspecified atom stereocenters. The number of nitrogens with one attached hydrogen (secondary N) is 1. The van der Waals surface area contributed by atoms with E-state index in [0.29, 0.717) is 0 Å². The Balaban J connectivity index is 1.17. The molecule has 0 spiro atoms. The smallest absolute Gasteiger partial charge is 0.382 e. The number of halogens is 2. The van der Waals surface area contributed by atoms with Crippen molar-refractivity contribution in [3.05, 3.63) is 29.3 Å². The second kappa shape index (κ2) is 10.8. The summed E-state index contributed by atoms with van der Waals surface area (Å²) in [6, 6.07) is -1.09. The van der Waals surface area contributed by atoms with Crippen LogP contribution in [0.5, 0.6) is 0 Å². The SMILES string of the molecule is Nc1nc2c(ncn2[C@@H]2O[C@@H]3COP(=O)(O)O[C@H]4[C@@H](COP(=O)(O)O[C@@H]3[C@@H]2F)C[C@@H](n2cnc3c(N)ncnc32)[C@H]4F)c(=O)[nH]1. The quantitative estimate of drug-likeness (QED) is 0.178. The van der Waals surface area contributed by atoms with Gasteiger partial charge in [-0.3, -0.25) is 32.4 Å². The maximum atomic E-state index is 16.0. The van der Waals surface area contributed by atoms with Crippen molar-refractivity contribution in [2.45, 2.75) is 49.3 Å². The van der Waals surface area contributed by atoms with E-state index in [1.165, 1.54) is 10.9 Å². The van der Waals surface area contributed by atoms with Crippen LogP contribution in [0.25, 0.3) is 22.3 Å². The number of H-pyrrole nitrogens is 1. The number of hydrogen-bond acceptors (Lipinski definition) is 15. The second-order valence-corrected chi connectivity index (χ2v) is 13.4. The zero-order valence-electron chi connectivity index (χ0n) is 22.6. The second-order valence-electron chi connectivity index (χ2n) is 10.5. The summed E-state index contributed by atoms with van der Waals surface area (Å²) in [6.07, 6.45) is -7.85. The summed E-state index contributed by atoms with van der Waals surface area (Å²) in [5.74, 6) is -1.37. The molecular formula is C21H24F2N10O10P2. The Labute approximate surface area is 248 Å². The molecule has 0 bridgehead atoms. The van der Waals surface area contributed by atoms with Gasteiger partial charge in [0.15, 0.2) is 35.0 Å². The molecule has 2 saturated heterocycles. The highest BCUT2D eigenvalue weighted by Crippen LogP contribution is 2.55. The first-order valence-electron chi connectivity index (χ1n) is 13.2. The molecule has 1 saturated carbocycles. The van der Waals surface area contributed by atoms with Crippen LogP contribution in [0.1, 0.15) is 18.7 Å². The molecule has 4 aromatic rings. The van der Waals surface area contributed by atoms with E-state index in [4.69, 9.17) is 34.3 Å². The summed E-state index contributed by atoms with van der Waals surface area (Å²) in [6.45, 7) is -1.63. The van der Waals surface area contributed by atoms with E-state index < -0.39 is 83.3 Å². The minimum absolute atomic E-state index is 0.0429. The van der Waals surface area contributed by atoms with Gasteiger partial charge < -0.3 is 30.6 Å². The summed E-state index contributed by atoms with van der Waals surface area (Å²) in [4.78, 5) is 55.4. The Morgan fingerprint density at radius 3 is 2.38 bits per heavy atom. The van der Waals surface area contributed by atoms with Gasteiger partial charge >= 0.3 is 15.6 Å². The number of phosphoric acid groups is 2. The molecule has 0 radical (unpaired) electrons. The molecule has 2 aliphatic heterocycles. The monoisotopic (exact) mass is 676 g/mol. The number of phosphoric ester groups is 2. The molecule has 0 amide bonds. The Morgan fingerprint density at radius 2 is 1.60 bits per heavy atom. The third kappa shape index (κ3) is 5.30. The largest absolute Gasteiger partial charge is 0.472 e. The maximum absolute atomic E-state index is 16.0. The van der Waals surface area contributed by atoms with E-state index in [0.717, 1.165) is 17.2 Å². The van der Waals surface area contributed by atoms with Crippen LogP contribution in [-0.2, 0) is 32.0 Å². The summed E-state index contributed by atoms with van der Waals surface area (Å²) < 4.78 is 86.5. The zero-order valence-corrected chi connectivity index (χ0v) is 24.4. The van der Waals surface area contributed by atoms with Crippen molar-refractivity contribution in [1.82, 2.24) is 39.0 Å². The number of imidazole rings is 2. The number of rotatable bonds is 2. The van der Waals surface area contributed by atoms with Crippen molar-refractivity contribution in [2.75, 3.05) is 24.7 Å². The van der Waals surface area contributed by atoms with Crippen LogP contribution in [0.4, 0.5) is 20.5 Å². The highest BCUT2D eigenvalue weighted by atomic mass is 31.2. The van der Waals surface area contributed by atoms with E-state index in [1.807, 2.05) is 0 Å². The summed E-state index contributed by atoms with van der Waals surface area (Å²) >= 11 is 0. The number of hydrogen-bond donors (Lipinski definition) is 5. The summed E-state index contributed by atoms with van der Waals surface area (Å²) in [5, 5.41) is 0. The molecule has 7 rings (SSSR count). The fraction of sp³-hybridized carbons (Fsp3) is 0.524. The Hall–Kier alpha value is -3.46. The summed E-state index contributed by atoms with van der Waals surface area (Å²) in [7, 11) is -10.2. The number of nitrogens with zero attached hydrogens (tertiary/aromatic N) is 7. The molecule has 24 heteroatoms. The Bertz CT molecular complexity index is 1940. The number of alkyl halides is 2. The number of fused-ring (bicyclic) bond motifs is 4. The molecule has 4 aromatic heterocycles. The average molecular weight is 676 g/mol. The predicted molar refractivity (Wildman–Crippen MR) is 144 cm³/mol. The number of aromatic nitrogens is 8. The van der Waals surface area contributed by atoms with Crippen LogP contribution in [0.2, 0.25) is 0 Å². The molecule has 6 heterocycles. The lowest BCUT2D eigenvalue weighted by Crippen LogP contribution is -2.35. The van der Waals surface area contributed by atoms with Gasteiger partial charge in [-0.25, -0.2) is 37.8 Å². The Morgan fingerprint density at radius 1 is 0.911 bits per heavy atom. The van der Waals surface area contributed by atoms with Crippen LogP contribution in [0.3, 0.4) is 0 Å². The van der Waals surface area contributed by atoms with Gasteiger partial charge in [0.05, 0.1) is 31.9 Å². The fourth-order valence-corrected chi connectivity index (χ4v) is 7.77. The van der Waals surface area contributed by atoms with Gasteiger partial charge in [0.25, 0.3) is 5.56 Å². The lowest BCUT2D eigenvalue weighted by Gasteiger charge is -2.28. The predicted octanol–water partition coefficient (Wildman–Crippen LogP) is 0.276. The highest BCUT2D eigenvalue weighted by Gasteiger charge is 2.54. The van der Waals surface area contributed by atoms with Crippen LogP contribution < -0.4 is 17.0 Å². The molecule has 242 valence electrons. The van der Waals surface area contributed by atoms with E-state index in [-0.39, 0.29) is 40.5 Å². The van der Waals surface area contributed by atoms with Crippen molar-refractivity contribution in [3.8, 4) is 0 Å². The van der Waals surface area contributed by atoms with Crippen molar-refractivity contribution >= 4 is 49.7 Å². The first-order chi connectivity index (χ1) is 21.3. The number of aromatic amines is 1. The third-order valence-corrected chi connectivity index (χ3v) is 9.76. The molecule has 20 nitrogen and oxygen atoms in total. The number of anilines is 2. The number of nitrogens with two attached hydrogens (primary N) is 2. The van der Waals surface area contributed by atoms with Crippen molar-refractivity contribution < 1.29 is 50.5 Å². The minimum atomic E-state index is -5.10. The highest BCUT2D eigenvalue weighted by molar-refractivity contribution is 7.47. The molecule has 0 aromatic carbocycles. The molecule has 10 atom stereocenters. The first kappa shape index (κ1) is 30.2. The van der Waals surface area contributed by atoms with Gasteiger partial charge in [-0.2, -0.15) is 4.98 Å². The van der Waals surface area contributed by atoms with Gasteiger partial charge in [-0.1, -0.05) is 0 Å². The number of nitrogen functional groups attached to an aromatic ring is 2.